The van der Waals surface area contributed by atoms with Crippen molar-refractivity contribution in [2.24, 2.45) is 0 Å². The Labute approximate surface area is 160 Å². The molecule has 0 bridgehead atoms. The van der Waals surface area contributed by atoms with Gasteiger partial charge in [0.1, 0.15) is 17.3 Å². The molecule has 5 nitrogen and oxygen atoms in total. The zero-order chi connectivity index (χ0) is 19.1. The van der Waals surface area contributed by atoms with Crippen LogP contribution in [0, 0.1) is 11.6 Å². The van der Waals surface area contributed by atoms with E-state index in [0.29, 0.717) is 17.3 Å². The third-order valence-electron chi connectivity index (χ3n) is 5.00. The minimum Gasteiger partial charge on any atom is -0.341 e. The number of benzene rings is 1. The molecule has 4 aromatic rings. The zero-order valence-electron chi connectivity index (χ0n) is 15.0. The smallest absolute Gasteiger partial charge is 0.225 e. The van der Waals surface area contributed by atoms with Crippen LogP contribution in [0.5, 0.6) is 0 Å². The predicted molar refractivity (Wildman–Crippen MR) is 103 cm³/mol. The number of anilines is 1. The molecule has 7 heteroatoms. The topological polar surface area (TPSA) is 46.3 Å². The van der Waals surface area contributed by atoms with Gasteiger partial charge in [-0.05, 0) is 55.3 Å². The first kappa shape index (κ1) is 16.8. The summed E-state index contributed by atoms with van der Waals surface area (Å²) in [6.45, 7) is 1.88. The first-order valence-electron chi connectivity index (χ1n) is 9.21. The third kappa shape index (κ3) is 2.89. The Balaban J connectivity index is 1.72. The maximum absolute atomic E-state index is 13.8. The van der Waals surface area contributed by atoms with E-state index >= 15 is 0 Å². The lowest BCUT2D eigenvalue weighted by Gasteiger charge is -2.15. The molecule has 4 heterocycles. The fourth-order valence-corrected chi connectivity index (χ4v) is 3.64. The molecule has 0 atom stereocenters. The van der Waals surface area contributed by atoms with E-state index in [1.54, 1.807) is 24.4 Å². The van der Waals surface area contributed by atoms with Crippen LogP contribution in [-0.4, -0.2) is 32.7 Å². The Hall–Kier alpha value is -3.35. The van der Waals surface area contributed by atoms with Crippen molar-refractivity contribution in [3.63, 3.8) is 0 Å². The van der Waals surface area contributed by atoms with Gasteiger partial charge in [0.15, 0.2) is 0 Å². The van der Waals surface area contributed by atoms with E-state index in [9.17, 15) is 8.78 Å². The van der Waals surface area contributed by atoms with Crippen molar-refractivity contribution in [1.29, 1.82) is 0 Å². The molecular weight excluding hydrogens is 360 g/mol. The van der Waals surface area contributed by atoms with Crippen LogP contribution < -0.4 is 4.90 Å². The fourth-order valence-electron chi connectivity index (χ4n) is 3.64. The number of nitrogens with zero attached hydrogens (tertiary/aromatic N) is 5. The zero-order valence-corrected chi connectivity index (χ0v) is 15.0. The van der Waals surface area contributed by atoms with Crippen LogP contribution in [0.2, 0.25) is 0 Å². The number of fused-ring (bicyclic) bond motifs is 1. The molecule has 0 amide bonds. The number of hydrogen-bond acceptors (Lipinski definition) is 4. The first-order valence-corrected chi connectivity index (χ1v) is 9.21. The summed E-state index contributed by atoms with van der Waals surface area (Å²) >= 11 is 0. The summed E-state index contributed by atoms with van der Waals surface area (Å²) in [5.74, 6) is -0.0207. The average Bonchev–Trinajstić information content (AvgIpc) is 3.36. The Morgan fingerprint density at radius 1 is 0.857 bits per heavy atom. The molecule has 1 aromatic carbocycles. The molecule has 5 rings (SSSR count). The number of rotatable bonds is 3. The molecule has 140 valence electrons. The molecule has 1 saturated heterocycles. The molecule has 0 aliphatic carbocycles. The van der Waals surface area contributed by atoms with E-state index in [2.05, 4.69) is 15.0 Å². The highest BCUT2D eigenvalue weighted by Gasteiger charge is 2.20. The van der Waals surface area contributed by atoms with Gasteiger partial charge < -0.3 is 4.90 Å². The summed E-state index contributed by atoms with van der Waals surface area (Å²) in [5.41, 5.74) is 3.57. The van der Waals surface area contributed by atoms with Gasteiger partial charge in [-0.1, -0.05) is 0 Å². The van der Waals surface area contributed by atoms with Gasteiger partial charge in [0, 0.05) is 24.8 Å². The number of hydrogen-bond donors (Lipinski definition) is 0. The second-order valence-electron chi connectivity index (χ2n) is 6.84. The van der Waals surface area contributed by atoms with Gasteiger partial charge in [-0.15, -0.1) is 0 Å². The van der Waals surface area contributed by atoms with Crippen LogP contribution >= 0.6 is 0 Å². The molecule has 0 saturated carbocycles. The first-order chi connectivity index (χ1) is 13.7. The van der Waals surface area contributed by atoms with E-state index in [4.69, 9.17) is 4.98 Å². The highest BCUT2D eigenvalue weighted by Crippen LogP contribution is 2.35. The molecule has 3 aromatic heterocycles. The van der Waals surface area contributed by atoms with E-state index in [1.807, 2.05) is 6.07 Å². The second kappa shape index (κ2) is 6.67. The molecule has 0 spiro atoms. The van der Waals surface area contributed by atoms with Crippen molar-refractivity contribution in [3.8, 4) is 22.5 Å². The van der Waals surface area contributed by atoms with Gasteiger partial charge in [0.2, 0.25) is 5.95 Å². The van der Waals surface area contributed by atoms with Crippen molar-refractivity contribution in [2.75, 3.05) is 18.0 Å². The van der Waals surface area contributed by atoms with E-state index in [-0.39, 0.29) is 11.6 Å². The Kier molecular flexibility index (Phi) is 4.00. The predicted octanol–water partition coefficient (Wildman–Crippen LogP) is 4.34. The average molecular weight is 377 g/mol. The summed E-state index contributed by atoms with van der Waals surface area (Å²) in [6, 6.07) is 11.0. The molecule has 0 N–H and O–H groups in total. The lowest BCUT2D eigenvalue weighted by atomic mass is 10.0. The largest absolute Gasteiger partial charge is 0.341 e. The Bertz CT molecular complexity index is 1150. The molecule has 1 fully saturated rings. The minimum atomic E-state index is -0.382. The SMILES string of the molecule is Fc1ccc(-c2nn3cc(F)ccc3c2-c2ccnc(N3CCCC3)n2)cc1. The highest BCUT2D eigenvalue weighted by molar-refractivity contribution is 5.90. The van der Waals surface area contributed by atoms with Crippen LogP contribution in [0.15, 0.2) is 54.9 Å². The van der Waals surface area contributed by atoms with E-state index < -0.39 is 0 Å². The van der Waals surface area contributed by atoms with Crippen LogP contribution in [-0.2, 0) is 0 Å². The summed E-state index contributed by atoms with van der Waals surface area (Å²) in [7, 11) is 0. The molecular formula is C21H17F2N5. The summed E-state index contributed by atoms with van der Waals surface area (Å²) in [4.78, 5) is 11.3. The minimum absolute atomic E-state index is 0.321. The van der Waals surface area contributed by atoms with Crippen LogP contribution in [0.25, 0.3) is 28.0 Å². The van der Waals surface area contributed by atoms with Gasteiger partial charge in [-0.3, -0.25) is 0 Å². The second-order valence-corrected chi connectivity index (χ2v) is 6.84. The van der Waals surface area contributed by atoms with Crippen molar-refractivity contribution < 1.29 is 8.78 Å². The van der Waals surface area contributed by atoms with Gasteiger partial charge in [-0.25, -0.2) is 23.3 Å². The van der Waals surface area contributed by atoms with Crippen LogP contribution in [0.3, 0.4) is 0 Å². The summed E-state index contributed by atoms with van der Waals surface area (Å²) < 4.78 is 28.7. The number of halogens is 2. The van der Waals surface area contributed by atoms with E-state index in [1.165, 1.54) is 28.9 Å². The van der Waals surface area contributed by atoms with Crippen LogP contribution in [0.4, 0.5) is 14.7 Å². The van der Waals surface area contributed by atoms with Crippen molar-refractivity contribution in [3.05, 3.63) is 66.5 Å². The van der Waals surface area contributed by atoms with Crippen molar-refractivity contribution in [2.45, 2.75) is 12.8 Å². The van der Waals surface area contributed by atoms with Gasteiger partial charge in [0.25, 0.3) is 0 Å². The summed E-state index contributed by atoms with van der Waals surface area (Å²) in [5, 5.41) is 4.56. The summed E-state index contributed by atoms with van der Waals surface area (Å²) in [6.07, 6.45) is 5.32. The Morgan fingerprint density at radius 3 is 2.39 bits per heavy atom. The standard InChI is InChI=1S/C21H17F2N5/c22-15-5-3-14(4-6-15)20-19(18-8-7-16(23)13-28(18)26-20)17-9-10-24-21(25-17)27-11-1-2-12-27/h3-10,13H,1-2,11-12H2. The quantitative estimate of drug-likeness (QED) is 0.533. The van der Waals surface area contributed by atoms with Gasteiger partial charge in [0.05, 0.1) is 23.0 Å². The molecule has 0 unspecified atom stereocenters. The van der Waals surface area contributed by atoms with Crippen LogP contribution in [0.1, 0.15) is 12.8 Å². The maximum atomic E-state index is 13.8. The molecule has 28 heavy (non-hydrogen) atoms. The monoisotopic (exact) mass is 377 g/mol. The Morgan fingerprint density at radius 2 is 1.61 bits per heavy atom. The van der Waals surface area contributed by atoms with Crippen molar-refractivity contribution in [1.82, 2.24) is 19.6 Å². The van der Waals surface area contributed by atoms with E-state index in [0.717, 1.165) is 42.6 Å². The third-order valence-corrected chi connectivity index (χ3v) is 5.00. The molecule has 1 aliphatic rings. The fraction of sp³-hybridized carbons (Fsp3) is 0.190. The highest BCUT2D eigenvalue weighted by atomic mass is 19.1. The lowest BCUT2D eigenvalue weighted by molar-refractivity contribution is 0.615. The lowest BCUT2D eigenvalue weighted by Crippen LogP contribution is -2.20. The maximum Gasteiger partial charge on any atom is 0.225 e. The molecule has 1 aliphatic heterocycles. The normalized spacial score (nSPS) is 14.1. The van der Waals surface area contributed by atoms with Gasteiger partial charge in [-0.2, -0.15) is 5.10 Å². The van der Waals surface area contributed by atoms with Crippen molar-refractivity contribution >= 4 is 11.5 Å². The number of aromatic nitrogens is 4. The van der Waals surface area contributed by atoms with Gasteiger partial charge >= 0.3 is 0 Å². The molecule has 0 radical (unpaired) electrons. The number of pyridine rings is 1.